The van der Waals surface area contributed by atoms with E-state index < -0.39 is 0 Å². The fourth-order valence-corrected chi connectivity index (χ4v) is 1.12. The number of hydrogen-bond donors (Lipinski definition) is 4. The van der Waals surface area contributed by atoms with E-state index in [4.69, 9.17) is 17.2 Å². The predicted octanol–water partition coefficient (Wildman–Crippen LogP) is -0.412. The van der Waals surface area contributed by atoms with E-state index in [1.807, 2.05) is 31.2 Å². The topological polar surface area (TPSA) is 115 Å². The average molecular weight is 220 g/mol. The van der Waals surface area contributed by atoms with Crippen molar-refractivity contribution in [3.63, 3.8) is 0 Å². The highest BCUT2D eigenvalue weighted by Gasteiger charge is 1.95. The summed E-state index contributed by atoms with van der Waals surface area (Å²) in [6.45, 7) is 2.51. The highest BCUT2D eigenvalue weighted by molar-refractivity contribution is 5.81. The molecule has 0 heterocycles. The molecule has 6 nitrogen and oxygen atoms in total. The van der Waals surface area contributed by atoms with Crippen LogP contribution < -0.4 is 22.6 Å². The van der Waals surface area contributed by atoms with Gasteiger partial charge in [0, 0.05) is 0 Å². The summed E-state index contributed by atoms with van der Waals surface area (Å²) in [6.07, 6.45) is 0. The smallest absolute Gasteiger partial charge is 0.209 e. The van der Waals surface area contributed by atoms with Gasteiger partial charge in [0.25, 0.3) is 0 Å². The average Bonchev–Trinajstić information content (AvgIpc) is 2.25. The Morgan fingerprint density at radius 1 is 1.25 bits per heavy atom. The van der Waals surface area contributed by atoms with Gasteiger partial charge in [-0.3, -0.25) is 0 Å². The van der Waals surface area contributed by atoms with Crippen molar-refractivity contribution >= 4 is 11.9 Å². The zero-order valence-electron chi connectivity index (χ0n) is 9.14. The van der Waals surface area contributed by atoms with Gasteiger partial charge in [-0.05, 0) is 18.1 Å². The van der Waals surface area contributed by atoms with Gasteiger partial charge < -0.3 is 17.2 Å². The molecule has 7 N–H and O–H groups in total. The highest BCUT2D eigenvalue weighted by atomic mass is 15.4. The van der Waals surface area contributed by atoms with Crippen LogP contribution in [0.5, 0.6) is 0 Å². The third kappa shape index (κ3) is 3.87. The van der Waals surface area contributed by atoms with Gasteiger partial charge in [-0.1, -0.05) is 24.3 Å². The quantitative estimate of drug-likeness (QED) is 0.315. The fraction of sp³-hybridized carbons (Fsp3) is 0.200. The minimum atomic E-state index is -0.0889. The number of nitrogens with zero attached hydrogens (tertiary/aromatic N) is 2. The number of guanidine groups is 2. The number of aryl methyl sites for hydroxylation is 1. The molecule has 0 aliphatic heterocycles. The Hall–Kier alpha value is -2.24. The maximum absolute atomic E-state index is 5.54. The number of aliphatic imine (C=N–C) groups is 1. The molecule has 0 spiro atoms. The lowest BCUT2D eigenvalue weighted by Gasteiger charge is -2.03. The van der Waals surface area contributed by atoms with Crippen LogP contribution >= 0.6 is 0 Å². The number of nitrogens with two attached hydrogens (primary N) is 3. The van der Waals surface area contributed by atoms with E-state index in [1.165, 1.54) is 5.56 Å². The second-order valence-electron chi connectivity index (χ2n) is 3.28. The first kappa shape index (κ1) is 11.8. The lowest BCUT2D eigenvalue weighted by molar-refractivity contribution is 0.947. The van der Waals surface area contributed by atoms with Crippen molar-refractivity contribution in [2.45, 2.75) is 13.5 Å². The van der Waals surface area contributed by atoms with E-state index in [1.54, 1.807) is 0 Å². The van der Waals surface area contributed by atoms with Crippen LogP contribution in [0.25, 0.3) is 0 Å². The normalized spacial score (nSPS) is 10.9. The molecular formula is C10H16N6. The Morgan fingerprint density at radius 3 is 2.56 bits per heavy atom. The second-order valence-corrected chi connectivity index (χ2v) is 3.28. The van der Waals surface area contributed by atoms with Crippen LogP contribution in [0.4, 0.5) is 0 Å². The summed E-state index contributed by atoms with van der Waals surface area (Å²) < 4.78 is 0. The van der Waals surface area contributed by atoms with E-state index in [2.05, 4.69) is 15.5 Å². The summed E-state index contributed by atoms with van der Waals surface area (Å²) in [4.78, 5) is 4.09. The summed E-state index contributed by atoms with van der Waals surface area (Å²) >= 11 is 0. The fourth-order valence-electron chi connectivity index (χ4n) is 1.12. The second kappa shape index (κ2) is 5.59. The molecule has 0 aliphatic carbocycles. The van der Waals surface area contributed by atoms with Gasteiger partial charge in [0.1, 0.15) is 0 Å². The lowest BCUT2D eigenvalue weighted by Crippen LogP contribution is -2.33. The first-order chi connectivity index (χ1) is 7.59. The molecule has 1 aromatic carbocycles. The van der Waals surface area contributed by atoms with Crippen LogP contribution in [0.3, 0.4) is 0 Å². The first-order valence-corrected chi connectivity index (χ1v) is 4.78. The Labute approximate surface area is 94.2 Å². The summed E-state index contributed by atoms with van der Waals surface area (Å²) in [5, 5.41) is 3.53. The van der Waals surface area contributed by atoms with Crippen molar-refractivity contribution in [1.82, 2.24) is 5.43 Å². The number of hydrazone groups is 1. The molecule has 0 unspecified atom stereocenters. The van der Waals surface area contributed by atoms with E-state index >= 15 is 0 Å². The maximum Gasteiger partial charge on any atom is 0.209 e. The van der Waals surface area contributed by atoms with Gasteiger partial charge in [0.15, 0.2) is 0 Å². The SMILES string of the molecule is Cc1ccccc1CN=C(N)NN=C(N)N. The minimum absolute atomic E-state index is 0.0889. The van der Waals surface area contributed by atoms with Crippen molar-refractivity contribution in [2.24, 2.45) is 27.3 Å². The van der Waals surface area contributed by atoms with Gasteiger partial charge in [0.05, 0.1) is 6.54 Å². The van der Waals surface area contributed by atoms with Crippen LogP contribution in [0.15, 0.2) is 34.4 Å². The molecular weight excluding hydrogens is 204 g/mol. The van der Waals surface area contributed by atoms with Crippen LogP contribution in [-0.4, -0.2) is 11.9 Å². The molecule has 0 bridgehead atoms. The van der Waals surface area contributed by atoms with Gasteiger partial charge in [-0.2, -0.15) is 0 Å². The largest absolute Gasteiger partial charge is 0.369 e. The Kier molecular flexibility index (Phi) is 4.14. The molecule has 0 saturated heterocycles. The zero-order chi connectivity index (χ0) is 12.0. The Morgan fingerprint density at radius 2 is 1.94 bits per heavy atom. The molecule has 0 amide bonds. The van der Waals surface area contributed by atoms with Gasteiger partial charge >= 0.3 is 0 Å². The standard InChI is InChI=1S/C10H16N6/c1-7-4-2-3-5-8(7)6-14-10(13)16-15-9(11)12/h2-5H,6H2,1H3,(H4,11,12,15)(H3,13,14,16). The summed E-state index contributed by atoms with van der Waals surface area (Å²) in [5.74, 6) is 0.0886. The monoisotopic (exact) mass is 220 g/mol. The van der Waals surface area contributed by atoms with Gasteiger partial charge in [0.2, 0.25) is 11.9 Å². The molecule has 0 fully saturated rings. The molecule has 0 aromatic heterocycles. The lowest BCUT2D eigenvalue weighted by atomic mass is 10.1. The predicted molar refractivity (Wildman–Crippen MR) is 65.5 cm³/mol. The van der Waals surface area contributed by atoms with Crippen LogP contribution in [0.2, 0.25) is 0 Å². The summed E-state index contributed by atoms with van der Waals surface area (Å²) in [7, 11) is 0. The van der Waals surface area contributed by atoms with Crippen molar-refractivity contribution in [2.75, 3.05) is 0 Å². The van der Waals surface area contributed by atoms with Gasteiger partial charge in [-0.15, -0.1) is 5.10 Å². The maximum atomic E-state index is 5.54. The molecule has 6 heteroatoms. The zero-order valence-corrected chi connectivity index (χ0v) is 9.14. The molecule has 1 rings (SSSR count). The molecule has 16 heavy (non-hydrogen) atoms. The van der Waals surface area contributed by atoms with Crippen molar-refractivity contribution in [1.29, 1.82) is 0 Å². The molecule has 0 atom stereocenters. The van der Waals surface area contributed by atoms with E-state index in [9.17, 15) is 0 Å². The molecule has 1 aromatic rings. The summed E-state index contributed by atoms with van der Waals surface area (Å²) in [5.41, 5.74) is 20.5. The molecule has 0 radical (unpaired) electrons. The van der Waals surface area contributed by atoms with Crippen LogP contribution in [0.1, 0.15) is 11.1 Å². The highest BCUT2D eigenvalue weighted by Crippen LogP contribution is 2.07. The van der Waals surface area contributed by atoms with Crippen LogP contribution in [0, 0.1) is 6.92 Å². The van der Waals surface area contributed by atoms with Crippen LogP contribution in [-0.2, 0) is 6.54 Å². The van der Waals surface area contributed by atoms with E-state index in [-0.39, 0.29) is 11.9 Å². The number of rotatable bonds is 3. The van der Waals surface area contributed by atoms with Crippen molar-refractivity contribution in [3.8, 4) is 0 Å². The minimum Gasteiger partial charge on any atom is -0.369 e. The van der Waals surface area contributed by atoms with E-state index in [0.717, 1.165) is 5.56 Å². The van der Waals surface area contributed by atoms with Crippen molar-refractivity contribution in [3.05, 3.63) is 35.4 Å². The van der Waals surface area contributed by atoms with E-state index in [0.29, 0.717) is 6.54 Å². The summed E-state index contributed by atoms with van der Waals surface area (Å²) in [6, 6.07) is 7.94. The third-order valence-corrected chi connectivity index (χ3v) is 1.98. The Bertz CT molecular complexity index is 406. The van der Waals surface area contributed by atoms with Crippen molar-refractivity contribution < 1.29 is 0 Å². The third-order valence-electron chi connectivity index (χ3n) is 1.98. The number of benzene rings is 1. The molecule has 0 saturated carbocycles. The Balaban J connectivity index is 2.59. The van der Waals surface area contributed by atoms with Gasteiger partial charge in [-0.25, -0.2) is 10.4 Å². The number of nitrogens with one attached hydrogen (secondary N) is 1. The first-order valence-electron chi connectivity index (χ1n) is 4.78. The molecule has 86 valence electrons. The molecule has 0 aliphatic rings. The number of hydrogen-bond acceptors (Lipinski definition) is 2.